The molecule has 2 N–H and O–H groups in total. The number of carbonyl (C=O) groups excluding carboxylic acids is 3. The summed E-state index contributed by atoms with van der Waals surface area (Å²) in [4.78, 5) is 42.8. The molecule has 3 aromatic rings. The Labute approximate surface area is 184 Å². The third-order valence-corrected chi connectivity index (χ3v) is 5.25. The Balaban J connectivity index is 1.40. The summed E-state index contributed by atoms with van der Waals surface area (Å²) in [6, 6.07) is 11.6. The maximum atomic E-state index is 13.0. The van der Waals surface area contributed by atoms with Crippen molar-refractivity contribution in [3.8, 4) is 5.75 Å². The van der Waals surface area contributed by atoms with E-state index in [-0.39, 0.29) is 0 Å². The van der Waals surface area contributed by atoms with E-state index in [1.54, 1.807) is 67.6 Å². The summed E-state index contributed by atoms with van der Waals surface area (Å²) < 4.78 is 6.80. The monoisotopic (exact) mass is 434 g/mol. The number of methoxy groups -OCH3 is 1. The first kappa shape index (κ1) is 21.0. The van der Waals surface area contributed by atoms with Crippen molar-refractivity contribution in [3.05, 3.63) is 72.2 Å². The van der Waals surface area contributed by atoms with Crippen LogP contribution in [0.5, 0.6) is 5.75 Å². The standard InChI is InChI=1S/C22H22N6O4/c1-22(16-3-5-17(32-2)6-4-16)20(30)28(21(31)25-22)14-19(29)24-18-9-12-27(26-18)13-15-7-10-23-11-8-15/h3-12H,13-14H2,1-2H3,(H,25,31)(H,24,26,29). The fourth-order valence-electron chi connectivity index (χ4n) is 3.48. The quantitative estimate of drug-likeness (QED) is 0.547. The molecule has 0 radical (unpaired) electrons. The van der Waals surface area contributed by atoms with E-state index in [1.807, 2.05) is 12.1 Å². The number of pyridine rings is 1. The summed E-state index contributed by atoms with van der Waals surface area (Å²) >= 11 is 0. The molecule has 1 aliphatic heterocycles. The van der Waals surface area contributed by atoms with E-state index in [4.69, 9.17) is 4.74 Å². The molecule has 164 valence electrons. The Hall–Kier alpha value is -4.21. The summed E-state index contributed by atoms with van der Waals surface area (Å²) in [5, 5.41) is 9.60. The van der Waals surface area contributed by atoms with Gasteiger partial charge in [0.1, 0.15) is 17.8 Å². The number of ether oxygens (including phenoxy) is 1. The Morgan fingerprint density at radius 1 is 1.12 bits per heavy atom. The van der Waals surface area contributed by atoms with Crippen LogP contribution in [0.4, 0.5) is 10.6 Å². The largest absolute Gasteiger partial charge is 0.497 e. The fraction of sp³-hybridized carbons (Fsp3) is 0.227. The van der Waals surface area contributed by atoms with Crippen LogP contribution in [0.2, 0.25) is 0 Å². The number of nitrogens with zero attached hydrogens (tertiary/aromatic N) is 4. The summed E-state index contributed by atoms with van der Waals surface area (Å²) in [5.41, 5.74) is 0.336. The van der Waals surface area contributed by atoms with Gasteiger partial charge in [-0.05, 0) is 42.3 Å². The molecule has 1 fully saturated rings. The molecule has 2 aromatic heterocycles. The van der Waals surface area contributed by atoms with Gasteiger partial charge in [0.2, 0.25) is 5.91 Å². The van der Waals surface area contributed by atoms with E-state index in [1.165, 1.54) is 0 Å². The number of amides is 4. The highest BCUT2D eigenvalue weighted by Gasteiger charge is 2.49. The smallest absolute Gasteiger partial charge is 0.325 e. The number of hydrogen-bond acceptors (Lipinski definition) is 6. The number of hydrogen-bond donors (Lipinski definition) is 2. The van der Waals surface area contributed by atoms with Crippen molar-refractivity contribution in [2.75, 3.05) is 19.0 Å². The van der Waals surface area contributed by atoms with Gasteiger partial charge in [0.25, 0.3) is 5.91 Å². The number of rotatable bonds is 7. The highest BCUT2D eigenvalue weighted by molar-refractivity contribution is 6.10. The number of benzene rings is 1. The van der Waals surface area contributed by atoms with E-state index in [2.05, 4.69) is 20.7 Å². The first-order valence-corrected chi connectivity index (χ1v) is 9.90. The van der Waals surface area contributed by atoms with E-state index < -0.39 is 29.9 Å². The molecule has 0 spiro atoms. The lowest BCUT2D eigenvalue weighted by Crippen LogP contribution is -2.42. The fourth-order valence-corrected chi connectivity index (χ4v) is 3.48. The third kappa shape index (κ3) is 4.15. The second-order valence-corrected chi connectivity index (χ2v) is 7.48. The van der Waals surface area contributed by atoms with Gasteiger partial charge in [-0.25, -0.2) is 4.79 Å². The molecule has 0 aliphatic carbocycles. The second-order valence-electron chi connectivity index (χ2n) is 7.48. The molecule has 32 heavy (non-hydrogen) atoms. The van der Waals surface area contributed by atoms with Crippen molar-refractivity contribution in [2.24, 2.45) is 0 Å². The SMILES string of the molecule is COc1ccc(C2(C)NC(=O)N(CC(=O)Nc3ccn(Cc4ccncc4)n3)C2=O)cc1. The predicted octanol–water partition coefficient (Wildman–Crippen LogP) is 1.74. The minimum absolute atomic E-state index is 0.328. The van der Waals surface area contributed by atoms with Crippen LogP contribution in [-0.4, -0.2) is 51.2 Å². The van der Waals surface area contributed by atoms with Crippen LogP contribution >= 0.6 is 0 Å². The number of imide groups is 1. The summed E-state index contributed by atoms with van der Waals surface area (Å²) in [5.74, 6) is -0.0737. The lowest BCUT2D eigenvalue weighted by atomic mass is 9.92. The number of aromatic nitrogens is 3. The van der Waals surface area contributed by atoms with Crippen LogP contribution in [0.3, 0.4) is 0 Å². The van der Waals surface area contributed by atoms with Crippen molar-refractivity contribution in [1.29, 1.82) is 0 Å². The van der Waals surface area contributed by atoms with Gasteiger partial charge in [-0.3, -0.25) is 24.2 Å². The average Bonchev–Trinajstić information content (AvgIpc) is 3.32. The number of urea groups is 1. The highest BCUT2D eigenvalue weighted by atomic mass is 16.5. The Morgan fingerprint density at radius 3 is 2.53 bits per heavy atom. The van der Waals surface area contributed by atoms with Crippen molar-refractivity contribution in [1.82, 2.24) is 25.0 Å². The van der Waals surface area contributed by atoms with Gasteiger partial charge < -0.3 is 15.4 Å². The molecule has 0 saturated carbocycles. The molecule has 4 rings (SSSR count). The zero-order valence-electron chi connectivity index (χ0n) is 17.6. The molecule has 0 bridgehead atoms. The Morgan fingerprint density at radius 2 is 1.84 bits per heavy atom. The molecule has 1 unspecified atom stereocenters. The number of nitrogens with one attached hydrogen (secondary N) is 2. The van der Waals surface area contributed by atoms with E-state index in [0.29, 0.717) is 23.7 Å². The molecule has 10 heteroatoms. The van der Waals surface area contributed by atoms with Crippen LogP contribution in [0.15, 0.2) is 61.1 Å². The second kappa shape index (κ2) is 8.50. The molecule has 1 atom stereocenters. The van der Waals surface area contributed by atoms with Gasteiger partial charge in [-0.15, -0.1) is 0 Å². The van der Waals surface area contributed by atoms with Gasteiger partial charge in [0.15, 0.2) is 5.82 Å². The lowest BCUT2D eigenvalue weighted by molar-refractivity contribution is -0.133. The van der Waals surface area contributed by atoms with Gasteiger partial charge in [0.05, 0.1) is 13.7 Å². The molecule has 3 heterocycles. The molecular formula is C22H22N6O4. The molecule has 1 aliphatic rings. The van der Waals surface area contributed by atoms with Crippen LogP contribution in [0.25, 0.3) is 0 Å². The van der Waals surface area contributed by atoms with Crippen LogP contribution < -0.4 is 15.4 Å². The summed E-state index contributed by atoms with van der Waals surface area (Å²) in [7, 11) is 1.54. The lowest BCUT2D eigenvalue weighted by Gasteiger charge is -2.22. The van der Waals surface area contributed by atoms with Crippen LogP contribution in [-0.2, 0) is 21.7 Å². The first-order valence-electron chi connectivity index (χ1n) is 9.90. The third-order valence-electron chi connectivity index (χ3n) is 5.25. The topological polar surface area (TPSA) is 118 Å². The van der Waals surface area contributed by atoms with Crippen molar-refractivity contribution < 1.29 is 19.1 Å². The zero-order chi connectivity index (χ0) is 22.7. The normalized spacial score (nSPS) is 17.9. The summed E-state index contributed by atoms with van der Waals surface area (Å²) in [6.45, 7) is 1.70. The maximum absolute atomic E-state index is 13.0. The average molecular weight is 434 g/mol. The Bertz CT molecular complexity index is 1140. The van der Waals surface area contributed by atoms with Crippen molar-refractivity contribution in [3.63, 3.8) is 0 Å². The number of carbonyl (C=O) groups is 3. The van der Waals surface area contributed by atoms with Crippen molar-refractivity contribution >= 4 is 23.7 Å². The first-order chi connectivity index (χ1) is 15.4. The predicted molar refractivity (Wildman–Crippen MR) is 115 cm³/mol. The molecule has 4 amide bonds. The van der Waals surface area contributed by atoms with Gasteiger partial charge in [-0.2, -0.15) is 5.10 Å². The molecular weight excluding hydrogens is 412 g/mol. The van der Waals surface area contributed by atoms with Crippen molar-refractivity contribution in [2.45, 2.75) is 19.0 Å². The van der Waals surface area contributed by atoms with Gasteiger partial charge in [-0.1, -0.05) is 12.1 Å². The van der Waals surface area contributed by atoms with E-state index in [9.17, 15) is 14.4 Å². The van der Waals surface area contributed by atoms with Gasteiger partial charge >= 0.3 is 6.03 Å². The Kier molecular flexibility index (Phi) is 5.59. The van der Waals surface area contributed by atoms with E-state index >= 15 is 0 Å². The highest BCUT2D eigenvalue weighted by Crippen LogP contribution is 2.30. The minimum atomic E-state index is -1.27. The minimum Gasteiger partial charge on any atom is -0.497 e. The molecule has 1 saturated heterocycles. The molecule has 1 aromatic carbocycles. The van der Waals surface area contributed by atoms with Gasteiger partial charge in [0, 0.05) is 24.7 Å². The summed E-state index contributed by atoms with van der Waals surface area (Å²) in [6.07, 6.45) is 5.11. The number of anilines is 1. The van der Waals surface area contributed by atoms with E-state index in [0.717, 1.165) is 10.5 Å². The van der Waals surface area contributed by atoms with Crippen LogP contribution in [0.1, 0.15) is 18.1 Å². The zero-order valence-corrected chi connectivity index (χ0v) is 17.6. The van der Waals surface area contributed by atoms with Crippen LogP contribution in [0, 0.1) is 0 Å². The molecule has 10 nitrogen and oxygen atoms in total. The maximum Gasteiger partial charge on any atom is 0.325 e.